The molecule has 10 atom stereocenters. The average Bonchev–Trinajstić information content (AvgIpc) is 3.06. The van der Waals surface area contributed by atoms with Crippen LogP contribution in [0.2, 0.25) is 0 Å². The summed E-state index contributed by atoms with van der Waals surface area (Å²) in [6, 6.07) is 0. The lowest BCUT2D eigenvalue weighted by Crippen LogP contribution is -2.54. The zero-order chi connectivity index (χ0) is 21.7. The van der Waals surface area contributed by atoms with Crippen LogP contribution in [0.25, 0.3) is 0 Å². The Labute approximate surface area is 188 Å². The molecule has 0 radical (unpaired) electrons. The highest BCUT2D eigenvalue weighted by atomic mass is 16.3. The first-order valence-corrected chi connectivity index (χ1v) is 13.9. The van der Waals surface area contributed by atoms with Gasteiger partial charge in [-0.25, -0.2) is 0 Å². The van der Waals surface area contributed by atoms with Gasteiger partial charge in [-0.3, -0.25) is 0 Å². The molecule has 0 aromatic rings. The third kappa shape index (κ3) is 3.82. The summed E-state index contributed by atoms with van der Waals surface area (Å²) in [5.41, 5.74) is 1.14. The third-order valence-corrected chi connectivity index (χ3v) is 11.9. The standard InChI is InChI=1S/C29H52O/c1-7-21(19(2)3)9-8-20(4)25-12-13-26-24-11-10-22-18-23(30)14-16-28(22,5)27(24)15-17-29(25,26)6/h19-27,30H,7-18H2,1-6H3/t20-,21-,22-,23-,24-,25+,26-,27-,28-,29+/m0/s1. The predicted molar refractivity (Wildman–Crippen MR) is 128 cm³/mol. The fourth-order valence-electron chi connectivity index (χ4n) is 9.90. The van der Waals surface area contributed by atoms with Crippen molar-refractivity contribution in [3.63, 3.8) is 0 Å². The van der Waals surface area contributed by atoms with Gasteiger partial charge in [0.25, 0.3) is 0 Å². The number of fused-ring (bicyclic) bond motifs is 5. The van der Waals surface area contributed by atoms with Crippen LogP contribution in [-0.4, -0.2) is 11.2 Å². The highest BCUT2D eigenvalue weighted by molar-refractivity contribution is 5.09. The second kappa shape index (κ2) is 8.72. The summed E-state index contributed by atoms with van der Waals surface area (Å²) in [6.07, 6.45) is 16.5. The van der Waals surface area contributed by atoms with E-state index in [0.717, 1.165) is 60.2 Å². The number of hydrogen-bond donors (Lipinski definition) is 1. The molecule has 0 aromatic heterocycles. The van der Waals surface area contributed by atoms with Gasteiger partial charge in [-0.05, 0) is 122 Å². The summed E-state index contributed by atoms with van der Waals surface area (Å²) in [4.78, 5) is 0. The fourth-order valence-corrected chi connectivity index (χ4v) is 9.90. The molecule has 4 rings (SSSR count). The Hall–Kier alpha value is -0.0400. The molecule has 0 bridgehead atoms. The maximum absolute atomic E-state index is 10.3. The van der Waals surface area contributed by atoms with Crippen molar-refractivity contribution >= 4 is 0 Å². The van der Waals surface area contributed by atoms with Gasteiger partial charge >= 0.3 is 0 Å². The van der Waals surface area contributed by atoms with Crippen molar-refractivity contribution in [1.29, 1.82) is 0 Å². The molecule has 0 aromatic carbocycles. The minimum Gasteiger partial charge on any atom is -0.393 e. The summed E-state index contributed by atoms with van der Waals surface area (Å²) in [5.74, 6) is 7.34. The molecular formula is C29H52O. The summed E-state index contributed by atoms with van der Waals surface area (Å²) in [7, 11) is 0. The number of aliphatic hydroxyl groups excluding tert-OH is 1. The molecule has 4 aliphatic carbocycles. The monoisotopic (exact) mass is 416 g/mol. The van der Waals surface area contributed by atoms with Crippen LogP contribution in [0.3, 0.4) is 0 Å². The van der Waals surface area contributed by atoms with Crippen molar-refractivity contribution in [1.82, 2.24) is 0 Å². The van der Waals surface area contributed by atoms with Crippen molar-refractivity contribution in [2.24, 2.45) is 58.2 Å². The van der Waals surface area contributed by atoms with Crippen molar-refractivity contribution in [3.8, 4) is 0 Å². The third-order valence-electron chi connectivity index (χ3n) is 11.9. The maximum atomic E-state index is 10.3. The highest BCUT2D eigenvalue weighted by Gasteiger charge is 2.60. The van der Waals surface area contributed by atoms with E-state index in [9.17, 15) is 5.11 Å². The van der Waals surface area contributed by atoms with Gasteiger partial charge in [-0.15, -0.1) is 0 Å². The van der Waals surface area contributed by atoms with Crippen LogP contribution in [0.5, 0.6) is 0 Å². The van der Waals surface area contributed by atoms with Crippen molar-refractivity contribution in [2.45, 2.75) is 125 Å². The first-order chi connectivity index (χ1) is 14.2. The van der Waals surface area contributed by atoms with E-state index in [1.54, 1.807) is 0 Å². The first-order valence-electron chi connectivity index (χ1n) is 13.9. The van der Waals surface area contributed by atoms with Gasteiger partial charge in [0, 0.05) is 0 Å². The van der Waals surface area contributed by atoms with Gasteiger partial charge < -0.3 is 5.11 Å². The maximum Gasteiger partial charge on any atom is 0.0543 e. The molecule has 0 saturated heterocycles. The summed E-state index contributed by atoms with van der Waals surface area (Å²) >= 11 is 0. The highest BCUT2D eigenvalue weighted by Crippen LogP contribution is 2.68. The molecular weight excluding hydrogens is 364 g/mol. The van der Waals surface area contributed by atoms with Gasteiger partial charge in [-0.2, -0.15) is 0 Å². The normalized spacial score (nSPS) is 48.0. The SMILES string of the molecule is CC[C@@H](CC[C@H](C)[C@H]1CC[C@H]2[C@@H]3CC[C@H]4C[C@@H](O)CC[C@]4(C)[C@H]3CC[C@]12C)C(C)C. The van der Waals surface area contributed by atoms with E-state index in [-0.39, 0.29) is 6.10 Å². The summed E-state index contributed by atoms with van der Waals surface area (Å²) < 4.78 is 0. The first kappa shape index (κ1) is 23.1. The minimum absolute atomic E-state index is 0.0111. The van der Waals surface area contributed by atoms with E-state index >= 15 is 0 Å². The number of hydrogen-bond acceptors (Lipinski definition) is 1. The molecule has 0 heterocycles. The van der Waals surface area contributed by atoms with Crippen molar-refractivity contribution in [3.05, 3.63) is 0 Å². The lowest BCUT2D eigenvalue weighted by atomic mass is 9.44. The Balaban J connectivity index is 1.45. The Kier molecular flexibility index (Phi) is 6.72. The van der Waals surface area contributed by atoms with E-state index in [2.05, 4.69) is 41.5 Å². The second-order valence-electron chi connectivity index (χ2n) is 13.3. The van der Waals surface area contributed by atoms with Crippen molar-refractivity contribution < 1.29 is 5.11 Å². The lowest BCUT2D eigenvalue weighted by molar-refractivity contribution is -0.129. The van der Waals surface area contributed by atoms with Gasteiger partial charge in [-0.1, -0.05) is 54.4 Å². The van der Waals surface area contributed by atoms with E-state index in [0.29, 0.717) is 10.8 Å². The Morgan fingerprint density at radius 3 is 2.23 bits per heavy atom. The Morgan fingerprint density at radius 2 is 1.53 bits per heavy atom. The molecule has 0 unspecified atom stereocenters. The van der Waals surface area contributed by atoms with Crippen LogP contribution in [0, 0.1) is 58.2 Å². The number of aliphatic hydroxyl groups is 1. The topological polar surface area (TPSA) is 20.2 Å². The zero-order valence-corrected chi connectivity index (χ0v) is 21.1. The molecule has 1 heteroatoms. The smallest absolute Gasteiger partial charge is 0.0543 e. The van der Waals surface area contributed by atoms with Crippen LogP contribution in [0.4, 0.5) is 0 Å². The zero-order valence-electron chi connectivity index (χ0n) is 21.1. The fraction of sp³-hybridized carbons (Fsp3) is 1.00. The molecule has 174 valence electrons. The minimum atomic E-state index is -0.0111. The van der Waals surface area contributed by atoms with E-state index < -0.39 is 0 Å². The molecule has 4 fully saturated rings. The largest absolute Gasteiger partial charge is 0.393 e. The Bertz CT molecular complexity index is 583. The Morgan fingerprint density at radius 1 is 0.833 bits per heavy atom. The van der Waals surface area contributed by atoms with Gasteiger partial charge in [0.15, 0.2) is 0 Å². The second-order valence-corrected chi connectivity index (χ2v) is 13.3. The van der Waals surface area contributed by atoms with Crippen LogP contribution in [-0.2, 0) is 0 Å². The van der Waals surface area contributed by atoms with E-state index in [4.69, 9.17) is 0 Å². The molecule has 4 saturated carbocycles. The quantitative estimate of drug-likeness (QED) is 0.463. The predicted octanol–water partition coefficient (Wildman–Crippen LogP) is 8.10. The molecule has 4 aliphatic rings. The van der Waals surface area contributed by atoms with E-state index in [1.807, 2.05) is 0 Å². The molecule has 0 amide bonds. The average molecular weight is 417 g/mol. The van der Waals surface area contributed by atoms with Gasteiger partial charge in [0.2, 0.25) is 0 Å². The molecule has 0 spiro atoms. The van der Waals surface area contributed by atoms with E-state index in [1.165, 1.54) is 64.2 Å². The molecule has 30 heavy (non-hydrogen) atoms. The lowest BCUT2D eigenvalue weighted by Gasteiger charge is -2.61. The van der Waals surface area contributed by atoms with Crippen LogP contribution in [0.15, 0.2) is 0 Å². The number of rotatable bonds is 6. The van der Waals surface area contributed by atoms with Gasteiger partial charge in [0.05, 0.1) is 6.10 Å². The van der Waals surface area contributed by atoms with Crippen LogP contribution < -0.4 is 0 Å². The van der Waals surface area contributed by atoms with Crippen LogP contribution >= 0.6 is 0 Å². The molecule has 0 aliphatic heterocycles. The van der Waals surface area contributed by atoms with Crippen molar-refractivity contribution in [2.75, 3.05) is 0 Å². The molecule has 1 nitrogen and oxygen atoms in total. The molecule has 1 N–H and O–H groups in total. The summed E-state index contributed by atoms with van der Waals surface area (Å²) in [5, 5.41) is 10.3. The van der Waals surface area contributed by atoms with Crippen LogP contribution in [0.1, 0.15) is 119 Å². The van der Waals surface area contributed by atoms with Gasteiger partial charge in [0.1, 0.15) is 0 Å². The summed E-state index contributed by atoms with van der Waals surface area (Å²) in [6.45, 7) is 15.2.